The van der Waals surface area contributed by atoms with Crippen LogP contribution in [0.25, 0.3) is 0 Å². The van der Waals surface area contributed by atoms with Crippen LogP contribution in [0.2, 0.25) is 5.02 Å². The summed E-state index contributed by atoms with van der Waals surface area (Å²) in [5.74, 6) is 5.15. The molecule has 1 aromatic rings. The van der Waals surface area contributed by atoms with Crippen molar-refractivity contribution >= 4 is 39.7 Å². The standard InChI is InChI=1S/C11H15ClN4O4S/c1-21(20)4-2-3-14-11(17)7-5-8(12)10(15-13)9(6-7)16(18)19/h5-6,15H,2-4,13H2,1H3,(H,14,17). The number of nitrogen functional groups attached to an aromatic ring is 1. The zero-order valence-electron chi connectivity index (χ0n) is 11.2. The van der Waals surface area contributed by atoms with Crippen molar-refractivity contribution in [3.05, 3.63) is 32.8 Å². The highest BCUT2D eigenvalue weighted by Gasteiger charge is 2.20. The Balaban J connectivity index is 2.85. The van der Waals surface area contributed by atoms with Gasteiger partial charge in [0.1, 0.15) is 5.69 Å². The van der Waals surface area contributed by atoms with Crippen LogP contribution in [-0.4, -0.2) is 33.6 Å². The smallest absolute Gasteiger partial charge is 0.295 e. The molecule has 0 bridgehead atoms. The third-order valence-corrected chi connectivity index (χ3v) is 3.73. The van der Waals surface area contributed by atoms with Crippen LogP contribution in [0.15, 0.2) is 12.1 Å². The van der Waals surface area contributed by atoms with Gasteiger partial charge in [0.25, 0.3) is 11.6 Å². The van der Waals surface area contributed by atoms with E-state index in [2.05, 4.69) is 10.7 Å². The predicted octanol–water partition coefficient (Wildman–Crippen LogP) is 1.03. The molecule has 116 valence electrons. The zero-order valence-corrected chi connectivity index (χ0v) is 12.8. The Kier molecular flexibility index (Phi) is 6.53. The molecule has 8 nitrogen and oxygen atoms in total. The Hall–Kier alpha value is -1.71. The number of halogens is 1. The Morgan fingerprint density at radius 3 is 2.71 bits per heavy atom. The number of hydrazine groups is 1. The minimum atomic E-state index is -0.927. The van der Waals surface area contributed by atoms with Gasteiger partial charge in [0.2, 0.25) is 0 Å². The molecular formula is C11H15ClN4O4S. The van der Waals surface area contributed by atoms with Gasteiger partial charge in [-0.1, -0.05) is 11.6 Å². The van der Waals surface area contributed by atoms with Crippen molar-refractivity contribution < 1.29 is 13.9 Å². The fourth-order valence-electron chi connectivity index (χ4n) is 1.59. The molecule has 10 heteroatoms. The lowest BCUT2D eigenvalue weighted by Crippen LogP contribution is -2.25. The van der Waals surface area contributed by atoms with Gasteiger partial charge >= 0.3 is 0 Å². The molecule has 0 aliphatic heterocycles. The number of carbonyl (C=O) groups is 1. The quantitative estimate of drug-likeness (QED) is 0.296. The fraction of sp³-hybridized carbons (Fsp3) is 0.364. The lowest BCUT2D eigenvalue weighted by Gasteiger charge is -2.08. The van der Waals surface area contributed by atoms with Crippen LogP contribution >= 0.6 is 11.6 Å². The molecule has 1 rings (SSSR count). The molecule has 1 unspecified atom stereocenters. The van der Waals surface area contributed by atoms with Gasteiger partial charge in [0.15, 0.2) is 0 Å². The number of rotatable bonds is 7. The summed E-state index contributed by atoms with van der Waals surface area (Å²) in [7, 11) is -0.927. The number of anilines is 1. The molecule has 0 radical (unpaired) electrons. The van der Waals surface area contributed by atoms with Crippen LogP contribution in [-0.2, 0) is 10.8 Å². The van der Waals surface area contributed by atoms with Gasteiger partial charge in [0, 0.05) is 41.0 Å². The summed E-state index contributed by atoms with van der Waals surface area (Å²) in [5, 5.41) is 13.5. The second-order valence-corrected chi connectivity index (χ2v) is 6.10. The second-order valence-electron chi connectivity index (χ2n) is 4.14. The number of hydrogen-bond donors (Lipinski definition) is 3. The van der Waals surface area contributed by atoms with E-state index in [0.29, 0.717) is 18.7 Å². The Morgan fingerprint density at radius 1 is 1.52 bits per heavy atom. The molecule has 0 spiro atoms. The molecule has 1 amide bonds. The van der Waals surface area contributed by atoms with E-state index in [1.54, 1.807) is 6.26 Å². The molecule has 0 saturated heterocycles. The maximum absolute atomic E-state index is 11.9. The lowest BCUT2D eigenvalue weighted by molar-refractivity contribution is -0.384. The van der Waals surface area contributed by atoms with Gasteiger partial charge in [-0.15, -0.1) is 0 Å². The highest BCUT2D eigenvalue weighted by atomic mass is 35.5. The third kappa shape index (κ3) is 4.96. The van der Waals surface area contributed by atoms with E-state index in [-0.39, 0.29) is 22.0 Å². The molecule has 1 aromatic carbocycles. The van der Waals surface area contributed by atoms with Crippen molar-refractivity contribution in [2.24, 2.45) is 5.84 Å². The first-order valence-electron chi connectivity index (χ1n) is 5.89. The van der Waals surface area contributed by atoms with Crippen LogP contribution in [0.4, 0.5) is 11.4 Å². The number of nitro groups is 1. The molecule has 0 aliphatic carbocycles. The van der Waals surface area contributed by atoms with E-state index in [0.717, 1.165) is 6.07 Å². The van der Waals surface area contributed by atoms with Crippen LogP contribution in [0, 0.1) is 10.1 Å². The number of nitrogens with one attached hydrogen (secondary N) is 2. The fourth-order valence-corrected chi connectivity index (χ4v) is 2.41. The average Bonchev–Trinajstić information content (AvgIpc) is 2.42. The van der Waals surface area contributed by atoms with E-state index >= 15 is 0 Å². The first-order chi connectivity index (χ1) is 9.86. The normalized spacial score (nSPS) is 11.8. The number of amides is 1. The highest BCUT2D eigenvalue weighted by molar-refractivity contribution is 7.84. The van der Waals surface area contributed by atoms with Crippen LogP contribution in [0.1, 0.15) is 16.8 Å². The highest BCUT2D eigenvalue weighted by Crippen LogP contribution is 2.32. The Morgan fingerprint density at radius 2 is 2.19 bits per heavy atom. The third-order valence-electron chi connectivity index (χ3n) is 2.57. The van der Waals surface area contributed by atoms with Gasteiger partial charge in [-0.25, -0.2) is 0 Å². The molecule has 0 fully saturated rings. The van der Waals surface area contributed by atoms with Gasteiger partial charge in [-0.3, -0.25) is 25.0 Å². The van der Waals surface area contributed by atoms with E-state index in [9.17, 15) is 19.1 Å². The van der Waals surface area contributed by atoms with Crippen LogP contribution in [0.5, 0.6) is 0 Å². The Labute approximate surface area is 128 Å². The predicted molar refractivity (Wildman–Crippen MR) is 81.8 cm³/mol. The van der Waals surface area contributed by atoms with E-state index in [1.807, 2.05) is 0 Å². The summed E-state index contributed by atoms with van der Waals surface area (Å²) < 4.78 is 10.9. The second kappa shape index (κ2) is 7.91. The first-order valence-corrected chi connectivity index (χ1v) is 8.00. The lowest BCUT2D eigenvalue weighted by atomic mass is 10.1. The molecule has 0 saturated carbocycles. The number of hydrogen-bond acceptors (Lipinski definition) is 6. The molecule has 21 heavy (non-hydrogen) atoms. The zero-order chi connectivity index (χ0) is 16.0. The van der Waals surface area contributed by atoms with Crippen LogP contribution in [0.3, 0.4) is 0 Å². The maximum Gasteiger partial charge on any atom is 0.295 e. The van der Waals surface area contributed by atoms with Gasteiger partial charge in [0.05, 0.1) is 9.95 Å². The molecule has 1 atom stereocenters. The summed E-state index contributed by atoms with van der Waals surface area (Å²) >= 11 is 5.86. The van der Waals surface area contributed by atoms with Crippen LogP contribution < -0.4 is 16.6 Å². The summed E-state index contributed by atoms with van der Waals surface area (Å²) in [5.41, 5.74) is 1.76. The van der Waals surface area contributed by atoms with E-state index in [4.69, 9.17) is 17.4 Å². The monoisotopic (exact) mass is 334 g/mol. The average molecular weight is 335 g/mol. The molecule has 0 aliphatic rings. The summed E-state index contributed by atoms with van der Waals surface area (Å²) in [6.45, 7) is 0.320. The number of carbonyl (C=O) groups excluding carboxylic acids is 1. The summed E-state index contributed by atoms with van der Waals surface area (Å²) in [4.78, 5) is 22.1. The van der Waals surface area contributed by atoms with Gasteiger partial charge in [-0.05, 0) is 12.5 Å². The Bertz CT molecular complexity index is 582. The van der Waals surface area contributed by atoms with E-state index < -0.39 is 21.6 Å². The SMILES string of the molecule is CS(=O)CCCNC(=O)c1cc(Cl)c(NN)c([N+](=O)[O-])c1. The number of nitro benzene ring substituents is 1. The topological polar surface area (TPSA) is 127 Å². The van der Waals surface area contributed by atoms with Crippen molar-refractivity contribution in [3.63, 3.8) is 0 Å². The minimum absolute atomic E-state index is 0.0217. The molecule has 0 heterocycles. The maximum atomic E-state index is 11.9. The summed E-state index contributed by atoms with van der Waals surface area (Å²) in [6.07, 6.45) is 2.12. The minimum Gasteiger partial charge on any atom is -0.352 e. The first kappa shape index (κ1) is 17.3. The summed E-state index contributed by atoms with van der Waals surface area (Å²) in [6, 6.07) is 2.38. The largest absolute Gasteiger partial charge is 0.352 e. The molecule has 0 aromatic heterocycles. The number of benzene rings is 1. The van der Waals surface area contributed by atoms with Crippen molar-refractivity contribution in [1.82, 2.24) is 5.32 Å². The van der Waals surface area contributed by atoms with Gasteiger partial charge < -0.3 is 10.7 Å². The molecular weight excluding hydrogens is 320 g/mol. The van der Waals surface area contributed by atoms with E-state index in [1.165, 1.54) is 6.07 Å². The van der Waals surface area contributed by atoms with Crippen molar-refractivity contribution in [2.75, 3.05) is 24.0 Å². The number of nitrogens with zero attached hydrogens (tertiary/aromatic N) is 1. The van der Waals surface area contributed by atoms with Crippen molar-refractivity contribution in [3.8, 4) is 0 Å². The van der Waals surface area contributed by atoms with Crippen molar-refractivity contribution in [2.45, 2.75) is 6.42 Å². The van der Waals surface area contributed by atoms with Gasteiger partial charge in [-0.2, -0.15) is 0 Å². The van der Waals surface area contributed by atoms with Crippen molar-refractivity contribution in [1.29, 1.82) is 0 Å². The molecule has 4 N–H and O–H groups in total. The number of nitrogens with two attached hydrogens (primary N) is 1.